The molecule has 0 spiro atoms. The van der Waals surface area contributed by atoms with Crippen molar-refractivity contribution in [2.45, 2.75) is 51.4 Å². The number of carboxylic acids is 2. The number of rotatable bonds is 10. The molecular formula is C16H21IO4. The van der Waals surface area contributed by atoms with Gasteiger partial charge in [0.2, 0.25) is 0 Å². The van der Waals surface area contributed by atoms with E-state index in [1.54, 1.807) is 0 Å². The first kappa shape index (κ1) is 17.9. The third kappa shape index (κ3) is 8.04. The van der Waals surface area contributed by atoms with Crippen molar-refractivity contribution in [1.82, 2.24) is 0 Å². The van der Waals surface area contributed by atoms with Crippen molar-refractivity contribution >= 4 is 34.5 Å². The first-order valence-corrected chi connectivity index (χ1v) is 8.28. The molecule has 0 radical (unpaired) electrons. The van der Waals surface area contributed by atoms with Gasteiger partial charge in [0, 0.05) is 16.4 Å². The highest BCUT2D eigenvalue weighted by Gasteiger charge is 2.05. The lowest BCUT2D eigenvalue weighted by molar-refractivity contribution is -0.138. The predicted molar refractivity (Wildman–Crippen MR) is 89.5 cm³/mol. The molecule has 116 valence electrons. The number of carboxylic acid groups (broad SMARTS) is 2. The molecular weight excluding hydrogens is 383 g/mol. The summed E-state index contributed by atoms with van der Waals surface area (Å²) in [5.41, 5.74) is 2.53. The van der Waals surface area contributed by atoms with E-state index in [1.807, 2.05) is 0 Å². The highest BCUT2D eigenvalue weighted by Crippen LogP contribution is 2.19. The third-order valence-corrected chi connectivity index (χ3v) is 4.01. The zero-order chi connectivity index (χ0) is 15.7. The summed E-state index contributed by atoms with van der Waals surface area (Å²) in [7, 11) is 0. The van der Waals surface area contributed by atoms with Crippen LogP contribution in [0.5, 0.6) is 0 Å². The van der Waals surface area contributed by atoms with Gasteiger partial charge in [0.25, 0.3) is 0 Å². The molecule has 0 heterocycles. The molecule has 0 saturated carbocycles. The Hall–Kier alpha value is -1.11. The lowest BCUT2D eigenvalue weighted by Crippen LogP contribution is -1.99. The maximum Gasteiger partial charge on any atom is 0.303 e. The van der Waals surface area contributed by atoms with Crippen LogP contribution in [0.15, 0.2) is 18.2 Å². The maximum atomic E-state index is 10.5. The minimum absolute atomic E-state index is 0.220. The van der Waals surface area contributed by atoms with Gasteiger partial charge in [-0.1, -0.05) is 6.07 Å². The maximum absolute atomic E-state index is 10.5. The quantitative estimate of drug-likeness (QED) is 0.459. The van der Waals surface area contributed by atoms with Crippen LogP contribution in [0.25, 0.3) is 0 Å². The zero-order valence-corrected chi connectivity index (χ0v) is 14.1. The third-order valence-electron chi connectivity index (χ3n) is 3.34. The molecule has 0 amide bonds. The Morgan fingerprint density at radius 3 is 1.90 bits per heavy atom. The molecule has 2 N–H and O–H groups in total. The number of carbonyl (C=O) groups is 2. The van der Waals surface area contributed by atoms with Crippen molar-refractivity contribution in [3.8, 4) is 0 Å². The second kappa shape index (κ2) is 9.76. The van der Waals surface area contributed by atoms with Crippen LogP contribution in [0.3, 0.4) is 0 Å². The highest BCUT2D eigenvalue weighted by atomic mass is 127. The summed E-state index contributed by atoms with van der Waals surface area (Å²) < 4.78 is 1.18. The van der Waals surface area contributed by atoms with Crippen molar-refractivity contribution in [2.75, 3.05) is 0 Å². The number of unbranched alkanes of at least 4 members (excludes halogenated alkanes) is 2. The van der Waals surface area contributed by atoms with Crippen LogP contribution >= 0.6 is 22.6 Å². The van der Waals surface area contributed by atoms with E-state index in [1.165, 1.54) is 14.7 Å². The molecule has 1 aromatic carbocycles. The molecule has 0 aliphatic carbocycles. The van der Waals surface area contributed by atoms with Gasteiger partial charge in [-0.25, -0.2) is 0 Å². The molecule has 0 unspecified atom stereocenters. The van der Waals surface area contributed by atoms with Crippen molar-refractivity contribution in [3.63, 3.8) is 0 Å². The minimum Gasteiger partial charge on any atom is -0.481 e. The van der Waals surface area contributed by atoms with Gasteiger partial charge in [0.15, 0.2) is 0 Å². The molecule has 0 atom stereocenters. The van der Waals surface area contributed by atoms with Crippen molar-refractivity contribution < 1.29 is 19.8 Å². The Balaban J connectivity index is 2.49. The minimum atomic E-state index is -0.744. The van der Waals surface area contributed by atoms with E-state index in [0.717, 1.165) is 25.7 Å². The van der Waals surface area contributed by atoms with Gasteiger partial charge in [-0.3, -0.25) is 9.59 Å². The standard InChI is InChI=1S/C16H21IO4/c17-14-10-9-12(5-1-3-7-15(18)19)13(11-14)6-2-4-8-16(20)21/h9-11H,1-8H2,(H,18,19)(H,20,21). The van der Waals surface area contributed by atoms with Crippen molar-refractivity contribution in [1.29, 1.82) is 0 Å². The number of halogens is 1. The monoisotopic (exact) mass is 404 g/mol. The average molecular weight is 404 g/mol. The lowest BCUT2D eigenvalue weighted by Gasteiger charge is -2.10. The number of hydrogen-bond donors (Lipinski definition) is 2. The first-order chi connectivity index (χ1) is 9.99. The normalized spacial score (nSPS) is 10.5. The summed E-state index contributed by atoms with van der Waals surface area (Å²) in [6, 6.07) is 6.32. The molecule has 0 bridgehead atoms. The van der Waals surface area contributed by atoms with Gasteiger partial charge in [-0.05, 0) is 84.4 Å². The van der Waals surface area contributed by atoms with E-state index in [-0.39, 0.29) is 12.8 Å². The molecule has 0 fully saturated rings. The van der Waals surface area contributed by atoms with Gasteiger partial charge in [0.1, 0.15) is 0 Å². The van der Waals surface area contributed by atoms with E-state index in [0.29, 0.717) is 12.8 Å². The number of hydrogen-bond acceptors (Lipinski definition) is 2. The Kier molecular flexibility index (Phi) is 8.34. The fraction of sp³-hybridized carbons (Fsp3) is 0.500. The summed E-state index contributed by atoms with van der Waals surface area (Å²) >= 11 is 2.28. The topological polar surface area (TPSA) is 74.6 Å². The van der Waals surface area contributed by atoms with Crippen molar-refractivity contribution in [2.24, 2.45) is 0 Å². The van der Waals surface area contributed by atoms with Gasteiger partial charge < -0.3 is 10.2 Å². The largest absolute Gasteiger partial charge is 0.481 e. The van der Waals surface area contributed by atoms with Gasteiger partial charge in [-0.2, -0.15) is 0 Å². The molecule has 21 heavy (non-hydrogen) atoms. The van der Waals surface area contributed by atoms with Crippen LogP contribution in [0.1, 0.15) is 49.7 Å². The molecule has 4 nitrogen and oxygen atoms in total. The molecule has 0 saturated heterocycles. The van der Waals surface area contributed by atoms with Gasteiger partial charge in [-0.15, -0.1) is 0 Å². The fourth-order valence-corrected chi connectivity index (χ4v) is 2.81. The summed E-state index contributed by atoms with van der Waals surface area (Å²) in [5, 5.41) is 17.3. The predicted octanol–water partition coefficient (Wildman–Crippen LogP) is 3.89. The highest BCUT2D eigenvalue weighted by molar-refractivity contribution is 14.1. The van der Waals surface area contributed by atoms with Crippen LogP contribution in [-0.2, 0) is 22.4 Å². The second-order valence-corrected chi connectivity index (χ2v) is 6.36. The fourth-order valence-electron chi connectivity index (χ4n) is 2.25. The molecule has 1 aromatic rings. The SMILES string of the molecule is O=C(O)CCCCc1ccc(I)cc1CCCCC(=O)O. The Labute approximate surface area is 138 Å². The van der Waals surface area contributed by atoms with Crippen molar-refractivity contribution in [3.05, 3.63) is 32.9 Å². The Morgan fingerprint density at radius 2 is 1.38 bits per heavy atom. The van der Waals surface area contributed by atoms with Crippen LogP contribution in [0, 0.1) is 3.57 Å². The number of aliphatic carboxylic acids is 2. The second-order valence-electron chi connectivity index (χ2n) is 5.11. The van der Waals surface area contributed by atoms with Crippen LogP contribution < -0.4 is 0 Å². The summed E-state index contributed by atoms with van der Waals surface area (Å²) in [4.78, 5) is 21.0. The average Bonchev–Trinajstić information content (AvgIpc) is 2.41. The molecule has 5 heteroatoms. The number of aryl methyl sites for hydroxylation is 2. The summed E-state index contributed by atoms with van der Waals surface area (Å²) in [6.07, 6.45) is 5.34. The van der Waals surface area contributed by atoms with Crippen LogP contribution in [0.2, 0.25) is 0 Å². The van der Waals surface area contributed by atoms with Crippen LogP contribution in [-0.4, -0.2) is 22.2 Å². The van der Waals surface area contributed by atoms with E-state index < -0.39 is 11.9 Å². The van der Waals surface area contributed by atoms with E-state index in [2.05, 4.69) is 40.8 Å². The first-order valence-electron chi connectivity index (χ1n) is 7.20. The van der Waals surface area contributed by atoms with E-state index in [9.17, 15) is 9.59 Å². The summed E-state index contributed by atoms with van der Waals surface area (Å²) in [5.74, 6) is -1.49. The summed E-state index contributed by atoms with van der Waals surface area (Å²) in [6.45, 7) is 0. The molecule has 0 aliphatic rings. The Morgan fingerprint density at radius 1 is 0.857 bits per heavy atom. The molecule has 0 aromatic heterocycles. The Bertz CT molecular complexity index is 485. The molecule has 1 rings (SSSR count). The lowest BCUT2D eigenvalue weighted by atomic mass is 9.97. The van der Waals surface area contributed by atoms with Crippen LogP contribution in [0.4, 0.5) is 0 Å². The van der Waals surface area contributed by atoms with Gasteiger partial charge in [0.05, 0.1) is 0 Å². The van der Waals surface area contributed by atoms with E-state index >= 15 is 0 Å². The number of benzene rings is 1. The smallest absolute Gasteiger partial charge is 0.303 e. The zero-order valence-electron chi connectivity index (χ0n) is 12.0. The molecule has 0 aliphatic heterocycles. The van der Waals surface area contributed by atoms with E-state index in [4.69, 9.17) is 10.2 Å². The van der Waals surface area contributed by atoms with Gasteiger partial charge >= 0.3 is 11.9 Å².